The molecule has 0 unspecified atom stereocenters. The predicted octanol–water partition coefficient (Wildman–Crippen LogP) is 2.90. The van der Waals surface area contributed by atoms with E-state index in [0.717, 1.165) is 0 Å². The van der Waals surface area contributed by atoms with Crippen LogP contribution in [0.1, 0.15) is 10.4 Å². The van der Waals surface area contributed by atoms with Crippen LogP contribution in [0.5, 0.6) is 11.6 Å². The van der Waals surface area contributed by atoms with Crippen LogP contribution < -0.4 is 10.5 Å². The lowest BCUT2D eigenvalue weighted by molar-refractivity contribution is 0.0601. The van der Waals surface area contributed by atoms with Gasteiger partial charge in [-0.2, -0.15) is 0 Å². The van der Waals surface area contributed by atoms with Gasteiger partial charge in [0.15, 0.2) is 0 Å². The van der Waals surface area contributed by atoms with E-state index in [1.807, 2.05) is 0 Å². The largest absolute Gasteiger partial charge is 0.465 e. The average Bonchev–Trinajstić information content (AvgIpc) is 2.40. The Hall–Kier alpha value is -2.27. The number of aromatic nitrogens is 1. The number of anilines is 1. The number of nitrogens with zero attached hydrogens (tertiary/aromatic N) is 1. The summed E-state index contributed by atoms with van der Waals surface area (Å²) >= 11 is 5.85. The summed E-state index contributed by atoms with van der Waals surface area (Å²) in [5.74, 6) is 0.202. The number of esters is 1. The Morgan fingerprint density at radius 3 is 2.84 bits per heavy atom. The van der Waals surface area contributed by atoms with Crippen LogP contribution in [0.15, 0.2) is 36.5 Å². The van der Waals surface area contributed by atoms with Gasteiger partial charge in [-0.05, 0) is 18.2 Å². The van der Waals surface area contributed by atoms with E-state index in [4.69, 9.17) is 22.1 Å². The zero-order valence-corrected chi connectivity index (χ0v) is 10.8. The van der Waals surface area contributed by atoms with Crippen molar-refractivity contribution in [2.45, 2.75) is 0 Å². The second-order valence-electron chi connectivity index (χ2n) is 3.66. The zero-order chi connectivity index (χ0) is 13.8. The Morgan fingerprint density at radius 1 is 1.37 bits per heavy atom. The number of pyridine rings is 1. The summed E-state index contributed by atoms with van der Waals surface area (Å²) in [5, 5.41) is 0.543. The van der Waals surface area contributed by atoms with Gasteiger partial charge in [-0.15, -0.1) is 0 Å². The molecule has 0 saturated heterocycles. The summed E-state index contributed by atoms with van der Waals surface area (Å²) < 4.78 is 10.1. The van der Waals surface area contributed by atoms with Gasteiger partial charge in [0, 0.05) is 11.1 Å². The van der Waals surface area contributed by atoms with Crippen LogP contribution in [0, 0.1) is 0 Å². The number of hydrogen-bond acceptors (Lipinski definition) is 5. The molecular weight excluding hydrogens is 268 g/mol. The van der Waals surface area contributed by atoms with Crippen molar-refractivity contribution in [3.63, 3.8) is 0 Å². The lowest BCUT2D eigenvalue weighted by atomic mass is 10.2. The van der Waals surface area contributed by atoms with Crippen LogP contribution in [0.3, 0.4) is 0 Å². The third-order valence-corrected chi connectivity index (χ3v) is 2.57. The Labute approximate surface area is 114 Å². The van der Waals surface area contributed by atoms with E-state index in [0.29, 0.717) is 10.8 Å². The van der Waals surface area contributed by atoms with Crippen molar-refractivity contribution in [3.8, 4) is 11.6 Å². The molecular formula is C13H11ClN2O3. The van der Waals surface area contributed by atoms with Gasteiger partial charge in [-0.1, -0.05) is 17.7 Å². The number of methoxy groups -OCH3 is 1. The molecule has 2 N–H and O–H groups in total. The summed E-state index contributed by atoms with van der Waals surface area (Å²) in [5.41, 5.74) is 6.07. The molecule has 0 aliphatic heterocycles. The smallest absolute Gasteiger partial charge is 0.340 e. The fourth-order valence-corrected chi connectivity index (χ4v) is 1.62. The van der Waals surface area contributed by atoms with Crippen LogP contribution in [-0.2, 0) is 4.74 Å². The van der Waals surface area contributed by atoms with Gasteiger partial charge in [0.1, 0.15) is 5.75 Å². The minimum atomic E-state index is -0.546. The van der Waals surface area contributed by atoms with Crippen LogP contribution in [0.2, 0.25) is 5.02 Å². The van der Waals surface area contributed by atoms with E-state index >= 15 is 0 Å². The standard InChI is InChI=1S/C13H11ClN2O3/c1-18-13(17)10-6-12(16-7-11(10)15)19-9-4-2-3-8(14)5-9/h2-7H,15H2,1H3. The molecule has 1 heterocycles. The van der Waals surface area contributed by atoms with E-state index in [1.165, 1.54) is 19.4 Å². The SMILES string of the molecule is COC(=O)c1cc(Oc2cccc(Cl)c2)ncc1N. The molecule has 0 radical (unpaired) electrons. The van der Waals surface area contributed by atoms with Crippen molar-refractivity contribution < 1.29 is 14.3 Å². The maximum atomic E-state index is 11.5. The molecule has 0 atom stereocenters. The Bertz CT molecular complexity index is 617. The molecule has 1 aromatic heterocycles. The zero-order valence-electron chi connectivity index (χ0n) is 10.1. The van der Waals surface area contributed by atoms with Crippen molar-refractivity contribution >= 4 is 23.3 Å². The highest BCUT2D eigenvalue weighted by atomic mass is 35.5. The molecule has 0 saturated carbocycles. The fraction of sp³-hybridized carbons (Fsp3) is 0.0769. The number of hydrogen-bond donors (Lipinski definition) is 1. The van der Waals surface area contributed by atoms with E-state index in [2.05, 4.69) is 9.72 Å². The molecule has 2 rings (SSSR count). The third-order valence-electron chi connectivity index (χ3n) is 2.33. The summed E-state index contributed by atoms with van der Waals surface area (Å²) in [6.45, 7) is 0. The van der Waals surface area contributed by atoms with Crippen molar-refractivity contribution in [1.82, 2.24) is 4.98 Å². The van der Waals surface area contributed by atoms with Crippen molar-refractivity contribution in [2.75, 3.05) is 12.8 Å². The van der Waals surface area contributed by atoms with E-state index in [-0.39, 0.29) is 17.1 Å². The van der Waals surface area contributed by atoms with Gasteiger partial charge in [0.25, 0.3) is 0 Å². The van der Waals surface area contributed by atoms with Gasteiger partial charge in [-0.3, -0.25) is 0 Å². The molecule has 1 aromatic carbocycles. The molecule has 0 aliphatic rings. The van der Waals surface area contributed by atoms with Crippen molar-refractivity contribution in [3.05, 3.63) is 47.1 Å². The van der Waals surface area contributed by atoms with Gasteiger partial charge in [-0.25, -0.2) is 9.78 Å². The molecule has 0 fully saturated rings. The molecule has 0 aliphatic carbocycles. The minimum Gasteiger partial charge on any atom is -0.465 e. The Balaban J connectivity index is 2.29. The van der Waals surface area contributed by atoms with Crippen molar-refractivity contribution in [1.29, 1.82) is 0 Å². The van der Waals surface area contributed by atoms with Crippen LogP contribution in [0.25, 0.3) is 0 Å². The summed E-state index contributed by atoms with van der Waals surface area (Å²) in [7, 11) is 1.28. The fourth-order valence-electron chi connectivity index (χ4n) is 1.44. The first-order valence-corrected chi connectivity index (χ1v) is 5.75. The molecule has 98 valence electrons. The van der Waals surface area contributed by atoms with Crippen LogP contribution in [0.4, 0.5) is 5.69 Å². The molecule has 0 spiro atoms. The summed E-state index contributed by atoms with van der Waals surface area (Å²) in [4.78, 5) is 15.5. The number of halogens is 1. The minimum absolute atomic E-state index is 0.203. The highest BCUT2D eigenvalue weighted by Crippen LogP contribution is 2.25. The number of carbonyl (C=O) groups is 1. The van der Waals surface area contributed by atoms with Crippen LogP contribution in [-0.4, -0.2) is 18.1 Å². The molecule has 2 aromatic rings. The highest BCUT2D eigenvalue weighted by molar-refractivity contribution is 6.30. The molecule has 0 bridgehead atoms. The number of rotatable bonds is 3. The molecule has 6 heteroatoms. The van der Waals surface area contributed by atoms with Gasteiger partial charge in [0.2, 0.25) is 5.88 Å². The maximum absolute atomic E-state index is 11.5. The molecule has 5 nitrogen and oxygen atoms in total. The van der Waals surface area contributed by atoms with Gasteiger partial charge >= 0.3 is 5.97 Å². The predicted molar refractivity (Wildman–Crippen MR) is 71.5 cm³/mol. The highest BCUT2D eigenvalue weighted by Gasteiger charge is 2.12. The summed E-state index contributed by atoms with van der Waals surface area (Å²) in [6, 6.07) is 8.25. The number of benzene rings is 1. The monoisotopic (exact) mass is 278 g/mol. The molecule has 19 heavy (non-hydrogen) atoms. The van der Waals surface area contributed by atoms with Crippen molar-refractivity contribution in [2.24, 2.45) is 0 Å². The van der Waals surface area contributed by atoms with Gasteiger partial charge < -0.3 is 15.2 Å². The first-order chi connectivity index (χ1) is 9.10. The van der Waals surface area contributed by atoms with Gasteiger partial charge in [0.05, 0.1) is 24.6 Å². The molecule has 0 amide bonds. The quantitative estimate of drug-likeness (QED) is 0.874. The van der Waals surface area contributed by atoms with E-state index in [9.17, 15) is 4.79 Å². The first-order valence-electron chi connectivity index (χ1n) is 5.37. The van der Waals surface area contributed by atoms with E-state index in [1.54, 1.807) is 24.3 Å². The number of nitrogens with two attached hydrogens (primary N) is 1. The number of carbonyl (C=O) groups excluding carboxylic acids is 1. The topological polar surface area (TPSA) is 74.4 Å². The third kappa shape index (κ3) is 3.14. The second kappa shape index (κ2) is 5.58. The lowest BCUT2D eigenvalue weighted by Gasteiger charge is -2.08. The van der Waals surface area contributed by atoms with E-state index < -0.39 is 5.97 Å². The normalized spacial score (nSPS) is 10.0. The number of ether oxygens (including phenoxy) is 2. The maximum Gasteiger partial charge on any atom is 0.340 e. The Morgan fingerprint density at radius 2 is 2.16 bits per heavy atom. The van der Waals surface area contributed by atoms with Crippen LogP contribution >= 0.6 is 11.6 Å². The first kappa shape index (κ1) is 13.2. The second-order valence-corrected chi connectivity index (χ2v) is 4.10. The average molecular weight is 279 g/mol. The Kier molecular flexibility index (Phi) is 3.87. The number of nitrogen functional groups attached to an aromatic ring is 1. The summed E-state index contributed by atoms with van der Waals surface area (Å²) in [6.07, 6.45) is 1.34. The lowest BCUT2D eigenvalue weighted by Crippen LogP contribution is -2.06.